The summed E-state index contributed by atoms with van der Waals surface area (Å²) in [5.41, 5.74) is 1.67. The molecule has 0 heterocycles. The largest absolute Gasteiger partial charge is 0.455 e. The Kier molecular flexibility index (Phi) is 7.22. The minimum Gasteiger partial charge on any atom is -0.455 e. The Labute approximate surface area is 177 Å². The predicted molar refractivity (Wildman–Crippen MR) is 115 cm³/mol. The van der Waals surface area contributed by atoms with Gasteiger partial charge in [0.2, 0.25) is 0 Å². The molecule has 3 rings (SSSR count). The van der Waals surface area contributed by atoms with Crippen molar-refractivity contribution in [1.29, 1.82) is 0 Å². The van der Waals surface area contributed by atoms with Crippen LogP contribution in [0.1, 0.15) is 54.9 Å². The van der Waals surface area contributed by atoms with Gasteiger partial charge in [-0.1, -0.05) is 62.7 Å². The van der Waals surface area contributed by atoms with E-state index < -0.39 is 24.4 Å². The van der Waals surface area contributed by atoms with E-state index in [4.69, 9.17) is 4.74 Å². The molecule has 0 aromatic heterocycles. The van der Waals surface area contributed by atoms with Crippen LogP contribution in [-0.4, -0.2) is 30.4 Å². The van der Waals surface area contributed by atoms with E-state index in [0.29, 0.717) is 11.3 Å². The summed E-state index contributed by atoms with van der Waals surface area (Å²) in [6.07, 6.45) is 2.77. The van der Waals surface area contributed by atoms with Crippen molar-refractivity contribution in [3.05, 3.63) is 65.7 Å². The van der Waals surface area contributed by atoms with Crippen molar-refractivity contribution in [2.75, 3.05) is 11.9 Å². The molecular formula is C24H28N2O4. The second kappa shape index (κ2) is 10.1. The average Bonchev–Trinajstić information content (AvgIpc) is 3.57. The number of amides is 2. The molecule has 6 nitrogen and oxygen atoms in total. The topological polar surface area (TPSA) is 84.5 Å². The molecule has 1 aliphatic carbocycles. The first kappa shape index (κ1) is 21.6. The maximum Gasteiger partial charge on any atom is 0.314 e. The van der Waals surface area contributed by atoms with Crippen molar-refractivity contribution in [2.45, 2.75) is 45.1 Å². The fourth-order valence-corrected chi connectivity index (χ4v) is 3.29. The molecule has 1 fully saturated rings. The number of carbonyl (C=O) groups is 3. The summed E-state index contributed by atoms with van der Waals surface area (Å²) in [5.74, 6) is -1.47. The highest BCUT2D eigenvalue weighted by Crippen LogP contribution is 2.28. The molecule has 2 aromatic rings. The van der Waals surface area contributed by atoms with Gasteiger partial charge in [0.25, 0.3) is 11.8 Å². The fraction of sp³-hybridized carbons (Fsp3) is 0.375. The minimum absolute atomic E-state index is 0.0785. The normalized spacial score (nSPS) is 15.0. The maximum absolute atomic E-state index is 12.7. The molecule has 1 aliphatic rings. The number of nitrogens with one attached hydrogen (secondary N) is 2. The van der Waals surface area contributed by atoms with Crippen molar-refractivity contribution < 1.29 is 19.1 Å². The smallest absolute Gasteiger partial charge is 0.314 e. The average molecular weight is 408 g/mol. The second-order valence-corrected chi connectivity index (χ2v) is 7.72. The van der Waals surface area contributed by atoms with E-state index in [1.54, 1.807) is 24.3 Å². The lowest BCUT2D eigenvalue weighted by molar-refractivity contribution is -0.150. The quantitative estimate of drug-likeness (QED) is 0.617. The van der Waals surface area contributed by atoms with Gasteiger partial charge in [0.15, 0.2) is 6.61 Å². The Morgan fingerprint density at radius 2 is 1.70 bits per heavy atom. The molecule has 2 N–H and O–H groups in total. The SMILES string of the molecule is CC[C@H](C)[C@H](C(=O)OCC(=O)Nc1ccccc1C(=O)NC1CC1)c1ccccc1. The summed E-state index contributed by atoms with van der Waals surface area (Å²) in [6, 6.07) is 16.5. The zero-order valence-corrected chi connectivity index (χ0v) is 17.4. The van der Waals surface area contributed by atoms with E-state index in [0.717, 1.165) is 24.8 Å². The van der Waals surface area contributed by atoms with Crippen LogP contribution in [-0.2, 0) is 14.3 Å². The molecule has 2 atom stereocenters. The third-order valence-electron chi connectivity index (χ3n) is 5.33. The third kappa shape index (κ3) is 5.69. The van der Waals surface area contributed by atoms with Crippen LogP contribution in [0.5, 0.6) is 0 Å². The molecule has 0 spiro atoms. The first-order chi connectivity index (χ1) is 14.5. The lowest BCUT2D eigenvalue weighted by Crippen LogP contribution is -2.29. The number of esters is 1. The molecule has 0 unspecified atom stereocenters. The van der Waals surface area contributed by atoms with Crippen LogP contribution in [0, 0.1) is 5.92 Å². The summed E-state index contributed by atoms with van der Waals surface area (Å²) >= 11 is 0. The number of rotatable bonds is 9. The van der Waals surface area contributed by atoms with Crippen molar-refractivity contribution >= 4 is 23.5 Å². The minimum atomic E-state index is -0.481. The van der Waals surface area contributed by atoms with Gasteiger partial charge >= 0.3 is 5.97 Å². The van der Waals surface area contributed by atoms with E-state index in [9.17, 15) is 14.4 Å². The highest BCUT2D eigenvalue weighted by Gasteiger charge is 2.28. The molecule has 0 bridgehead atoms. The van der Waals surface area contributed by atoms with E-state index in [2.05, 4.69) is 10.6 Å². The van der Waals surface area contributed by atoms with Crippen LogP contribution in [0.3, 0.4) is 0 Å². The molecule has 30 heavy (non-hydrogen) atoms. The highest BCUT2D eigenvalue weighted by atomic mass is 16.5. The maximum atomic E-state index is 12.7. The van der Waals surface area contributed by atoms with Crippen LogP contribution in [0.25, 0.3) is 0 Å². The Hall–Kier alpha value is -3.15. The predicted octanol–water partition coefficient (Wildman–Crippen LogP) is 3.89. The van der Waals surface area contributed by atoms with Gasteiger partial charge in [0.1, 0.15) is 0 Å². The monoisotopic (exact) mass is 408 g/mol. The fourth-order valence-electron chi connectivity index (χ4n) is 3.29. The number of carbonyl (C=O) groups excluding carboxylic acids is 3. The van der Waals surface area contributed by atoms with Crippen LogP contribution in [0.2, 0.25) is 0 Å². The number of para-hydroxylation sites is 1. The lowest BCUT2D eigenvalue weighted by atomic mass is 9.86. The van der Waals surface area contributed by atoms with Crippen LogP contribution in [0.15, 0.2) is 54.6 Å². The Morgan fingerprint density at radius 1 is 1.03 bits per heavy atom. The molecule has 0 radical (unpaired) electrons. The van der Waals surface area contributed by atoms with Crippen LogP contribution < -0.4 is 10.6 Å². The highest BCUT2D eigenvalue weighted by molar-refractivity contribution is 6.04. The van der Waals surface area contributed by atoms with Gasteiger partial charge in [-0.3, -0.25) is 14.4 Å². The van der Waals surface area contributed by atoms with Gasteiger partial charge in [0, 0.05) is 6.04 Å². The molecule has 2 aromatic carbocycles. The molecule has 158 valence electrons. The number of benzene rings is 2. The van der Waals surface area contributed by atoms with Gasteiger partial charge in [0.05, 0.1) is 17.2 Å². The molecular weight excluding hydrogens is 380 g/mol. The summed E-state index contributed by atoms with van der Waals surface area (Å²) in [5, 5.41) is 5.60. The second-order valence-electron chi connectivity index (χ2n) is 7.72. The number of hydrogen-bond donors (Lipinski definition) is 2. The first-order valence-corrected chi connectivity index (χ1v) is 10.4. The van der Waals surface area contributed by atoms with E-state index in [-0.39, 0.29) is 17.9 Å². The van der Waals surface area contributed by atoms with Gasteiger partial charge in [-0.05, 0) is 36.5 Å². The molecule has 0 aliphatic heterocycles. The van der Waals surface area contributed by atoms with Gasteiger partial charge in [-0.25, -0.2) is 0 Å². The molecule has 2 amide bonds. The van der Waals surface area contributed by atoms with E-state index >= 15 is 0 Å². The van der Waals surface area contributed by atoms with Crippen molar-refractivity contribution in [3.63, 3.8) is 0 Å². The van der Waals surface area contributed by atoms with Crippen LogP contribution >= 0.6 is 0 Å². The lowest BCUT2D eigenvalue weighted by Gasteiger charge is -2.21. The Morgan fingerprint density at radius 3 is 2.37 bits per heavy atom. The van der Waals surface area contributed by atoms with Crippen LogP contribution in [0.4, 0.5) is 5.69 Å². The first-order valence-electron chi connectivity index (χ1n) is 10.4. The van der Waals surface area contributed by atoms with Gasteiger partial charge in [-0.2, -0.15) is 0 Å². The summed E-state index contributed by atoms with van der Waals surface area (Å²) in [6.45, 7) is 3.61. The number of ether oxygens (including phenoxy) is 1. The molecule has 1 saturated carbocycles. The van der Waals surface area contributed by atoms with Gasteiger partial charge < -0.3 is 15.4 Å². The summed E-state index contributed by atoms with van der Waals surface area (Å²) < 4.78 is 5.34. The number of anilines is 1. The van der Waals surface area contributed by atoms with Crippen molar-refractivity contribution in [3.8, 4) is 0 Å². The van der Waals surface area contributed by atoms with Crippen molar-refractivity contribution in [2.24, 2.45) is 5.92 Å². The Bertz CT molecular complexity index is 893. The van der Waals surface area contributed by atoms with E-state index in [1.165, 1.54) is 0 Å². The van der Waals surface area contributed by atoms with E-state index in [1.807, 2.05) is 44.2 Å². The van der Waals surface area contributed by atoms with Crippen molar-refractivity contribution in [1.82, 2.24) is 5.32 Å². The third-order valence-corrected chi connectivity index (χ3v) is 5.33. The van der Waals surface area contributed by atoms with Gasteiger partial charge in [-0.15, -0.1) is 0 Å². The zero-order chi connectivity index (χ0) is 21.5. The summed E-state index contributed by atoms with van der Waals surface area (Å²) in [7, 11) is 0. The number of hydrogen-bond acceptors (Lipinski definition) is 4. The zero-order valence-electron chi connectivity index (χ0n) is 17.4. The molecule has 0 saturated heterocycles. The Balaban J connectivity index is 1.61. The molecule has 6 heteroatoms. The standard InChI is InChI=1S/C24H28N2O4/c1-3-16(2)22(17-9-5-4-6-10-17)24(29)30-15-21(27)26-20-12-8-7-11-19(20)23(28)25-18-13-14-18/h4-12,16,18,22H,3,13-15H2,1-2H3,(H,25,28)(H,26,27)/t16-,22-/m0/s1. The summed E-state index contributed by atoms with van der Waals surface area (Å²) in [4.78, 5) is 37.5.